The number of nitrogens with zero attached hydrogens (tertiary/aromatic N) is 4. The third kappa shape index (κ3) is 3.57. The first-order valence-electron chi connectivity index (χ1n) is 6.41. The molecule has 20 heavy (non-hydrogen) atoms. The van der Waals surface area contributed by atoms with E-state index in [0.29, 0.717) is 12.3 Å². The summed E-state index contributed by atoms with van der Waals surface area (Å²) in [6.07, 6.45) is 4.37. The molecule has 106 valence electrons. The lowest BCUT2D eigenvalue weighted by Gasteiger charge is -2.04. The van der Waals surface area contributed by atoms with E-state index in [9.17, 15) is 4.79 Å². The third-order valence-electron chi connectivity index (χ3n) is 2.68. The number of carbonyl (C=O) groups is 1. The average Bonchev–Trinajstić information content (AvgIpc) is 2.85. The number of nitrogens with one attached hydrogen (secondary N) is 1. The Bertz CT molecular complexity index is 569. The van der Waals surface area contributed by atoms with Gasteiger partial charge >= 0.3 is 0 Å². The molecule has 0 atom stereocenters. The van der Waals surface area contributed by atoms with Crippen LogP contribution in [0.2, 0.25) is 0 Å². The Labute approximate surface area is 122 Å². The Morgan fingerprint density at radius 3 is 2.80 bits per heavy atom. The Morgan fingerprint density at radius 1 is 1.35 bits per heavy atom. The van der Waals surface area contributed by atoms with Crippen molar-refractivity contribution in [1.29, 1.82) is 0 Å². The van der Waals surface area contributed by atoms with Gasteiger partial charge in [0.1, 0.15) is 0 Å². The molecule has 0 aromatic carbocycles. The molecular formula is C13H17N5OS. The number of carbonyl (C=O) groups excluding carboxylic acids is 1. The lowest BCUT2D eigenvalue weighted by Crippen LogP contribution is -2.25. The van der Waals surface area contributed by atoms with E-state index in [4.69, 9.17) is 0 Å². The van der Waals surface area contributed by atoms with Crippen LogP contribution in [-0.4, -0.2) is 38.0 Å². The summed E-state index contributed by atoms with van der Waals surface area (Å²) in [5.74, 6) is 1.14. The van der Waals surface area contributed by atoms with Gasteiger partial charge in [-0.1, -0.05) is 18.7 Å². The number of thioether (sulfide) groups is 1. The van der Waals surface area contributed by atoms with Crippen LogP contribution < -0.4 is 5.32 Å². The van der Waals surface area contributed by atoms with Gasteiger partial charge in [0.25, 0.3) is 0 Å². The van der Waals surface area contributed by atoms with E-state index in [1.165, 1.54) is 11.8 Å². The van der Waals surface area contributed by atoms with Crippen LogP contribution in [0.15, 0.2) is 29.7 Å². The molecule has 1 N–H and O–H groups in total. The molecule has 0 aliphatic heterocycles. The molecule has 0 aliphatic carbocycles. The Morgan fingerprint density at radius 2 is 2.10 bits per heavy atom. The summed E-state index contributed by atoms with van der Waals surface area (Å²) < 4.78 is 1.88. The lowest BCUT2D eigenvalue weighted by molar-refractivity contribution is -0.118. The quantitative estimate of drug-likeness (QED) is 0.816. The molecule has 0 unspecified atom stereocenters. The SMILES string of the molecule is CCCNC(=O)CSc1nnc(-c2ccncc2)n1C. The second kappa shape index (κ2) is 7.04. The van der Waals surface area contributed by atoms with Crippen LogP contribution in [0.4, 0.5) is 0 Å². The summed E-state index contributed by atoms with van der Waals surface area (Å²) in [5, 5.41) is 11.8. The highest BCUT2D eigenvalue weighted by Crippen LogP contribution is 2.21. The zero-order chi connectivity index (χ0) is 14.4. The van der Waals surface area contributed by atoms with Gasteiger partial charge in [0.2, 0.25) is 5.91 Å². The highest BCUT2D eigenvalue weighted by molar-refractivity contribution is 7.99. The van der Waals surface area contributed by atoms with Gasteiger partial charge in [-0.2, -0.15) is 0 Å². The zero-order valence-electron chi connectivity index (χ0n) is 11.5. The fourth-order valence-corrected chi connectivity index (χ4v) is 2.38. The van der Waals surface area contributed by atoms with Gasteiger partial charge < -0.3 is 9.88 Å². The zero-order valence-corrected chi connectivity index (χ0v) is 12.4. The average molecular weight is 291 g/mol. The van der Waals surface area contributed by atoms with E-state index in [1.807, 2.05) is 30.7 Å². The molecule has 0 fully saturated rings. The molecule has 0 saturated carbocycles. The first kappa shape index (κ1) is 14.5. The maximum absolute atomic E-state index is 11.6. The van der Waals surface area contributed by atoms with Crippen molar-refractivity contribution in [3.8, 4) is 11.4 Å². The summed E-state index contributed by atoms with van der Waals surface area (Å²) in [7, 11) is 1.89. The van der Waals surface area contributed by atoms with Gasteiger partial charge in [-0.15, -0.1) is 10.2 Å². The van der Waals surface area contributed by atoms with Gasteiger partial charge in [-0.3, -0.25) is 9.78 Å². The van der Waals surface area contributed by atoms with Gasteiger partial charge in [0, 0.05) is 31.5 Å². The standard InChI is InChI=1S/C13H17N5OS/c1-3-6-15-11(19)9-20-13-17-16-12(18(13)2)10-4-7-14-8-5-10/h4-5,7-8H,3,6,9H2,1-2H3,(H,15,19). The van der Waals surface area contributed by atoms with Gasteiger partial charge in [-0.05, 0) is 18.6 Å². The molecule has 7 heteroatoms. The molecular weight excluding hydrogens is 274 g/mol. The van der Waals surface area contributed by atoms with Crippen molar-refractivity contribution in [3.63, 3.8) is 0 Å². The number of amides is 1. The fraction of sp³-hybridized carbons (Fsp3) is 0.385. The minimum Gasteiger partial charge on any atom is -0.355 e. The van der Waals surface area contributed by atoms with E-state index >= 15 is 0 Å². The Hall–Kier alpha value is -1.89. The van der Waals surface area contributed by atoms with Crippen LogP contribution in [0.25, 0.3) is 11.4 Å². The fourth-order valence-electron chi connectivity index (χ4n) is 1.64. The van der Waals surface area contributed by atoms with Crippen molar-refractivity contribution in [2.45, 2.75) is 18.5 Å². The van der Waals surface area contributed by atoms with Gasteiger partial charge in [-0.25, -0.2) is 0 Å². The first-order chi connectivity index (χ1) is 9.72. The van der Waals surface area contributed by atoms with Crippen LogP contribution in [0, 0.1) is 0 Å². The molecule has 1 amide bonds. The largest absolute Gasteiger partial charge is 0.355 e. The van der Waals surface area contributed by atoms with Crippen LogP contribution in [0.5, 0.6) is 0 Å². The molecule has 2 aromatic rings. The van der Waals surface area contributed by atoms with Gasteiger partial charge in [0.15, 0.2) is 11.0 Å². The van der Waals surface area contributed by atoms with Crippen LogP contribution >= 0.6 is 11.8 Å². The van der Waals surface area contributed by atoms with E-state index in [0.717, 1.165) is 23.0 Å². The molecule has 2 aromatic heterocycles. The lowest BCUT2D eigenvalue weighted by atomic mass is 10.2. The minimum absolute atomic E-state index is 0.0188. The van der Waals surface area contributed by atoms with E-state index in [-0.39, 0.29) is 5.91 Å². The van der Waals surface area contributed by atoms with Gasteiger partial charge in [0.05, 0.1) is 5.75 Å². The molecule has 6 nitrogen and oxygen atoms in total. The van der Waals surface area contributed by atoms with Crippen LogP contribution in [0.1, 0.15) is 13.3 Å². The predicted molar refractivity (Wildman–Crippen MR) is 78.3 cm³/mol. The van der Waals surface area contributed by atoms with E-state index in [1.54, 1.807) is 12.4 Å². The monoisotopic (exact) mass is 291 g/mol. The summed E-state index contributed by atoms with van der Waals surface area (Å²) >= 11 is 1.38. The molecule has 0 aliphatic rings. The molecule has 2 rings (SSSR count). The smallest absolute Gasteiger partial charge is 0.230 e. The normalized spacial score (nSPS) is 10.5. The summed E-state index contributed by atoms with van der Waals surface area (Å²) in [6, 6.07) is 3.76. The maximum Gasteiger partial charge on any atom is 0.230 e. The van der Waals surface area contributed by atoms with Crippen molar-refractivity contribution in [1.82, 2.24) is 25.1 Å². The third-order valence-corrected chi connectivity index (χ3v) is 3.70. The minimum atomic E-state index is 0.0188. The predicted octanol–water partition coefficient (Wildman–Crippen LogP) is 1.50. The number of aromatic nitrogens is 4. The van der Waals surface area contributed by atoms with E-state index in [2.05, 4.69) is 20.5 Å². The highest BCUT2D eigenvalue weighted by atomic mass is 32.2. The molecule has 0 bridgehead atoms. The van der Waals surface area contributed by atoms with Crippen molar-refractivity contribution in [2.24, 2.45) is 7.05 Å². The van der Waals surface area contributed by atoms with Crippen molar-refractivity contribution in [3.05, 3.63) is 24.5 Å². The van der Waals surface area contributed by atoms with Crippen LogP contribution in [0.3, 0.4) is 0 Å². The molecule has 0 saturated heterocycles. The number of hydrogen-bond acceptors (Lipinski definition) is 5. The highest BCUT2D eigenvalue weighted by Gasteiger charge is 2.12. The topological polar surface area (TPSA) is 72.7 Å². The number of rotatable bonds is 6. The van der Waals surface area contributed by atoms with Crippen molar-refractivity contribution in [2.75, 3.05) is 12.3 Å². The second-order valence-electron chi connectivity index (χ2n) is 4.24. The molecule has 0 radical (unpaired) electrons. The Balaban J connectivity index is 2.01. The summed E-state index contributed by atoms with van der Waals surface area (Å²) in [5.41, 5.74) is 0.956. The second-order valence-corrected chi connectivity index (χ2v) is 5.18. The Kier molecular flexibility index (Phi) is 5.11. The number of pyridine rings is 1. The molecule has 0 spiro atoms. The maximum atomic E-state index is 11.6. The van der Waals surface area contributed by atoms with Crippen molar-refractivity contribution < 1.29 is 4.79 Å². The van der Waals surface area contributed by atoms with Crippen LogP contribution in [-0.2, 0) is 11.8 Å². The van der Waals surface area contributed by atoms with Crippen molar-refractivity contribution >= 4 is 17.7 Å². The molecule has 2 heterocycles. The summed E-state index contributed by atoms with van der Waals surface area (Å²) in [4.78, 5) is 15.5. The van der Waals surface area contributed by atoms with E-state index < -0.39 is 0 Å². The first-order valence-corrected chi connectivity index (χ1v) is 7.40. The number of hydrogen-bond donors (Lipinski definition) is 1. The summed E-state index contributed by atoms with van der Waals surface area (Å²) in [6.45, 7) is 2.73.